The highest BCUT2D eigenvalue weighted by molar-refractivity contribution is 5.85. The van der Waals surface area contributed by atoms with Gasteiger partial charge in [-0.2, -0.15) is 0 Å². The van der Waals surface area contributed by atoms with Crippen molar-refractivity contribution in [3.05, 3.63) is 30.1 Å². The van der Waals surface area contributed by atoms with Crippen LogP contribution in [0.2, 0.25) is 0 Å². The Hall–Kier alpha value is -2.11. The summed E-state index contributed by atoms with van der Waals surface area (Å²) in [6.07, 6.45) is 4.11. The van der Waals surface area contributed by atoms with Crippen molar-refractivity contribution in [3.63, 3.8) is 0 Å². The largest absolute Gasteiger partial charge is 0.480 e. The van der Waals surface area contributed by atoms with Gasteiger partial charge in [0.1, 0.15) is 5.54 Å². The predicted molar refractivity (Wildman–Crippen MR) is 75.4 cm³/mol. The maximum Gasteiger partial charge on any atom is 0.329 e. The summed E-state index contributed by atoms with van der Waals surface area (Å²) in [5.41, 5.74) is -0.151. The van der Waals surface area contributed by atoms with Gasteiger partial charge in [0.2, 0.25) is 0 Å². The van der Waals surface area contributed by atoms with Gasteiger partial charge < -0.3 is 14.9 Å². The van der Waals surface area contributed by atoms with E-state index in [9.17, 15) is 9.59 Å². The van der Waals surface area contributed by atoms with E-state index in [4.69, 9.17) is 5.11 Å². The summed E-state index contributed by atoms with van der Waals surface area (Å²) in [5, 5.41) is 9.13. The van der Waals surface area contributed by atoms with Gasteiger partial charge in [0, 0.05) is 33.0 Å². The lowest BCUT2D eigenvalue weighted by Gasteiger charge is -2.34. The second-order valence-electron chi connectivity index (χ2n) is 5.23. The summed E-state index contributed by atoms with van der Waals surface area (Å²) in [4.78, 5) is 30.0. The number of carbonyl (C=O) groups is 2. The Balaban J connectivity index is 2.61. The van der Waals surface area contributed by atoms with Crippen LogP contribution in [0.3, 0.4) is 0 Å². The molecule has 0 bridgehead atoms. The van der Waals surface area contributed by atoms with Gasteiger partial charge in [0.25, 0.3) is 0 Å². The minimum atomic E-state index is -1.23. The predicted octanol–water partition coefficient (Wildman–Crippen LogP) is 1.47. The van der Waals surface area contributed by atoms with Crippen molar-refractivity contribution in [1.82, 2.24) is 14.8 Å². The molecule has 110 valence electrons. The molecule has 1 aromatic heterocycles. The summed E-state index contributed by atoms with van der Waals surface area (Å²) in [6, 6.07) is 3.47. The molecule has 20 heavy (non-hydrogen) atoms. The number of urea groups is 1. The van der Waals surface area contributed by atoms with E-state index in [0.717, 1.165) is 5.56 Å². The SMILES string of the molecule is CN(CCc1ccncc1)C(=O)N(C)C(C)(C)C(=O)O. The van der Waals surface area contributed by atoms with Gasteiger partial charge in [-0.25, -0.2) is 9.59 Å². The number of aromatic nitrogens is 1. The molecule has 0 saturated heterocycles. The minimum absolute atomic E-state index is 0.313. The van der Waals surface area contributed by atoms with Crippen LogP contribution in [0.5, 0.6) is 0 Å². The van der Waals surface area contributed by atoms with Crippen LogP contribution in [0, 0.1) is 0 Å². The number of carboxylic acids is 1. The average Bonchev–Trinajstić information content (AvgIpc) is 2.43. The molecule has 1 aromatic rings. The molecule has 0 aliphatic carbocycles. The van der Waals surface area contributed by atoms with E-state index in [1.54, 1.807) is 19.4 Å². The van der Waals surface area contributed by atoms with Gasteiger partial charge >= 0.3 is 12.0 Å². The first-order chi connectivity index (χ1) is 9.26. The molecule has 2 amide bonds. The zero-order chi connectivity index (χ0) is 15.3. The van der Waals surface area contributed by atoms with E-state index < -0.39 is 11.5 Å². The second kappa shape index (κ2) is 6.36. The van der Waals surface area contributed by atoms with Gasteiger partial charge in [-0.3, -0.25) is 4.98 Å². The quantitative estimate of drug-likeness (QED) is 0.885. The second-order valence-corrected chi connectivity index (χ2v) is 5.23. The van der Waals surface area contributed by atoms with Crippen molar-refractivity contribution in [2.45, 2.75) is 25.8 Å². The molecule has 0 fully saturated rings. The van der Waals surface area contributed by atoms with Crippen LogP contribution in [0.15, 0.2) is 24.5 Å². The maximum atomic E-state index is 12.2. The highest BCUT2D eigenvalue weighted by Crippen LogP contribution is 2.14. The van der Waals surface area contributed by atoms with Crippen LogP contribution >= 0.6 is 0 Å². The number of nitrogens with zero attached hydrogens (tertiary/aromatic N) is 3. The fraction of sp³-hybridized carbons (Fsp3) is 0.500. The van der Waals surface area contributed by atoms with Crippen molar-refractivity contribution in [2.24, 2.45) is 0 Å². The number of likely N-dealkylation sites (N-methyl/N-ethyl adjacent to an activating group) is 2. The Labute approximate surface area is 119 Å². The van der Waals surface area contributed by atoms with Gasteiger partial charge in [0.05, 0.1) is 0 Å². The smallest absolute Gasteiger partial charge is 0.329 e. The highest BCUT2D eigenvalue weighted by atomic mass is 16.4. The fourth-order valence-electron chi connectivity index (χ4n) is 1.58. The number of carbonyl (C=O) groups excluding carboxylic acids is 1. The Morgan fingerprint density at radius 1 is 1.25 bits per heavy atom. The molecular formula is C14H21N3O3. The molecule has 6 nitrogen and oxygen atoms in total. The molecule has 1 N–H and O–H groups in total. The Kier molecular flexibility index (Phi) is 5.07. The van der Waals surface area contributed by atoms with Crippen LogP contribution in [0.4, 0.5) is 4.79 Å². The molecule has 0 spiro atoms. The van der Waals surface area contributed by atoms with Crippen molar-refractivity contribution in [3.8, 4) is 0 Å². The molecule has 1 rings (SSSR count). The van der Waals surface area contributed by atoms with E-state index in [1.165, 1.54) is 30.7 Å². The first-order valence-corrected chi connectivity index (χ1v) is 6.38. The summed E-state index contributed by atoms with van der Waals surface area (Å²) < 4.78 is 0. The Morgan fingerprint density at radius 2 is 1.80 bits per heavy atom. The number of aliphatic carboxylic acids is 1. The fourth-order valence-corrected chi connectivity index (χ4v) is 1.58. The molecule has 0 aliphatic rings. The zero-order valence-electron chi connectivity index (χ0n) is 12.3. The molecule has 0 saturated carbocycles. The van der Waals surface area contributed by atoms with Crippen molar-refractivity contribution in [1.29, 1.82) is 0 Å². The van der Waals surface area contributed by atoms with Crippen molar-refractivity contribution >= 4 is 12.0 Å². The molecular weight excluding hydrogens is 258 g/mol. The first-order valence-electron chi connectivity index (χ1n) is 6.38. The highest BCUT2D eigenvalue weighted by Gasteiger charge is 2.36. The van der Waals surface area contributed by atoms with E-state index in [0.29, 0.717) is 13.0 Å². The molecule has 1 heterocycles. The lowest BCUT2D eigenvalue weighted by molar-refractivity contribution is -0.147. The maximum absolute atomic E-state index is 12.2. The molecule has 0 radical (unpaired) electrons. The lowest BCUT2D eigenvalue weighted by atomic mass is 10.0. The summed E-state index contributed by atoms with van der Waals surface area (Å²) >= 11 is 0. The van der Waals surface area contributed by atoms with Crippen LogP contribution in [0.25, 0.3) is 0 Å². The van der Waals surface area contributed by atoms with E-state index >= 15 is 0 Å². The van der Waals surface area contributed by atoms with Crippen molar-refractivity contribution in [2.75, 3.05) is 20.6 Å². The number of hydrogen-bond acceptors (Lipinski definition) is 3. The number of rotatable bonds is 5. The van der Waals surface area contributed by atoms with Crippen LogP contribution in [-0.4, -0.2) is 58.1 Å². The van der Waals surface area contributed by atoms with Gasteiger partial charge in [-0.15, -0.1) is 0 Å². The van der Waals surface area contributed by atoms with E-state index in [-0.39, 0.29) is 6.03 Å². The van der Waals surface area contributed by atoms with Gasteiger partial charge in [0.15, 0.2) is 0 Å². The van der Waals surface area contributed by atoms with Crippen LogP contribution in [-0.2, 0) is 11.2 Å². The standard InChI is InChI=1S/C14H21N3O3/c1-14(2,12(18)19)17(4)13(20)16(3)10-7-11-5-8-15-9-6-11/h5-6,8-9H,7,10H2,1-4H3,(H,18,19). The number of hydrogen-bond donors (Lipinski definition) is 1. The Bertz CT molecular complexity index is 474. The first kappa shape index (κ1) is 15.9. The molecule has 0 unspecified atom stereocenters. The summed E-state index contributed by atoms with van der Waals surface area (Å²) in [5.74, 6) is -1.03. The van der Waals surface area contributed by atoms with Gasteiger partial charge in [-0.1, -0.05) is 0 Å². The third kappa shape index (κ3) is 3.69. The summed E-state index contributed by atoms with van der Waals surface area (Å²) in [6.45, 7) is 3.52. The third-order valence-electron chi connectivity index (χ3n) is 3.46. The monoisotopic (exact) mass is 279 g/mol. The van der Waals surface area contributed by atoms with Crippen LogP contribution < -0.4 is 0 Å². The van der Waals surface area contributed by atoms with E-state index in [1.807, 2.05) is 12.1 Å². The molecule has 0 aliphatic heterocycles. The van der Waals surface area contributed by atoms with E-state index in [2.05, 4.69) is 4.98 Å². The molecule has 6 heteroatoms. The third-order valence-corrected chi connectivity index (χ3v) is 3.46. The van der Waals surface area contributed by atoms with Crippen molar-refractivity contribution < 1.29 is 14.7 Å². The molecule has 0 aromatic carbocycles. The normalized spacial score (nSPS) is 11.0. The Morgan fingerprint density at radius 3 is 2.30 bits per heavy atom. The number of pyridine rings is 1. The summed E-state index contributed by atoms with van der Waals surface area (Å²) in [7, 11) is 3.16. The van der Waals surface area contributed by atoms with Crippen LogP contribution in [0.1, 0.15) is 19.4 Å². The average molecular weight is 279 g/mol. The van der Waals surface area contributed by atoms with Gasteiger partial charge in [-0.05, 0) is 38.0 Å². The topological polar surface area (TPSA) is 73.7 Å². The zero-order valence-corrected chi connectivity index (χ0v) is 12.3. The molecule has 0 atom stereocenters. The number of carboxylic acid groups (broad SMARTS) is 1. The minimum Gasteiger partial charge on any atom is -0.480 e. The number of amides is 2. The lowest BCUT2D eigenvalue weighted by Crippen LogP contribution is -2.54.